The maximum absolute atomic E-state index is 6.22. The standard InChI is InChI=1S/C29H32N2O2/c1-30-20-6-4-8-25(30)15-10-23-12-17-27(18-13-23)33-29-22-24(14-19-28(29)32-3)11-16-26-9-5-7-21-31(26)2/h4-9,12-14,17-22H,10-11,15-16H2,1-3H3/q+2. The normalized spacial score (nSPS) is 10.8. The van der Waals surface area contributed by atoms with Crippen molar-refractivity contribution in [1.82, 2.24) is 0 Å². The van der Waals surface area contributed by atoms with E-state index >= 15 is 0 Å². The first-order valence-electron chi connectivity index (χ1n) is 11.4. The van der Waals surface area contributed by atoms with Crippen LogP contribution in [0.5, 0.6) is 17.2 Å². The molecular formula is C29H32N2O2+2. The van der Waals surface area contributed by atoms with Crippen molar-refractivity contribution in [2.75, 3.05) is 7.11 Å². The molecule has 0 amide bonds. The van der Waals surface area contributed by atoms with Gasteiger partial charge in [0.1, 0.15) is 19.8 Å². The minimum Gasteiger partial charge on any atom is -0.493 e. The predicted molar refractivity (Wildman–Crippen MR) is 130 cm³/mol. The van der Waals surface area contributed by atoms with E-state index in [9.17, 15) is 0 Å². The Kier molecular flexibility index (Phi) is 7.36. The molecule has 0 saturated carbocycles. The van der Waals surface area contributed by atoms with E-state index in [1.165, 1.54) is 22.5 Å². The van der Waals surface area contributed by atoms with Crippen LogP contribution in [-0.2, 0) is 39.8 Å². The number of methoxy groups -OCH3 is 1. The first-order chi connectivity index (χ1) is 16.1. The van der Waals surface area contributed by atoms with Gasteiger partial charge in [0.05, 0.1) is 7.11 Å². The number of benzene rings is 2. The molecule has 0 bridgehead atoms. The van der Waals surface area contributed by atoms with Crippen molar-refractivity contribution in [2.24, 2.45) is 14.1 Å². The smallest absolute Gasteiger partial charge is 0.181 e. The van der Waals surface area contributed by atoms with E-state index in [0.717, 1.165) is 42.9 Å². The fourth-order valence-corrected chi connectivity index (χ4v) is 3.99. The highest BCUT2D eigenvalue weighted by Crippen LogP contribution is 2.33. The average molecular weight is 441 g/mol. The topological polar surface area (TPSA) is 26.2 Å². The lowest BCUT2D eigenvalue weighted by Crippen LogP contribution is -2.32. The Hall–Kier alpha value is -3.66. The number of aryl methyl sites for hydroxylation is 6. The molecule has 0 N–H and O–H groups in total. The summed E-state index contributed by atoms with van der Waals surface area (Å²) >= 11 is 0. The first kappa shape index (κ1) is 22.5. The fourth-order valence-electron chi connectivity index (χ4n) is 3.99. The number of hydrogen-bond donors (Lipinski definition) is 0. The number of ether oxygens (including phenoxy) is 2. The van der Waals surface area contributed by atoms with E-state index in [1.54, 1.807) is 7.11 Å². The Morgan fingerprint density at radius 3 is 1.76 bits per heavy atom. The van der Waals surface area contributed by atoms with Crippen LogP contribution in [0.1, 0.15) is 22.5 Å². The molecule has 0 atom stereocenters. The van der Waals surface area contributed by atoms with Crippen LogP contribution in [0.3, 0.4) is 0 Å². The van der Waals surface area contributed by atoms with Crippen molar-refractivity contribution < 1.29 is 18.6 Å². The number of hydrogen-bond acceptors (Lipinski definition) is 2. The van der Waals surface area contributed by atoms with Crippen molar-refractivity contribution >= 4 is 0 Å². The average Bonchev–Trinajstić information content (AvgIpc) is 2.84. The molecule has 4 rings (SSSR count). The fraction of sp³-hybridized carbons (Fsp3) is 0.241. The highest BCUT2D eigenvalue weighted by Gasteiger charge is 2.11. The number of rotatable bonds is 9. The third kappa shape index (κ3) is 5.98. The van der Waals surface area contributed by atoms with Gasteiger partial charge in [-0.05, 0) is 48.2 Å². The summed E-state index contributed by atoms with van der Waals surface area (Å²) in [4.78, 5) is 0. The van der Waals surface area contributed by atoms with Gasteiger partial charge in [0.15, 0.2) is 35.3 Å². The summed E-state index contributed by atoms with van der Waals surface area (Å²) in [7, 11) is 5.85. The van der Waals surface area contributed by atoms with Crippen LogP contribution < -0.4 is 18.6 Å². The number of pyridine rings is 2. The summed E-state index contributed by atoms with van der Waals surface area (Å²) in [6.07, 6.45) is 8.08. The molecule has 2 aromatic carbocycles. The van der Waals surface area contributed by atoms with Gasteiger partial charge in [-0.25, -0.2) is 9.13 Å². The van der Waals surface area contributed by atoms with Crippen LogP contribution in [0.25, 0.3) is 0 Å². The zero-order valence-electron chi connectivity index (χ0n) is 19.7. The van der Waals surface area contributed by atoms with Crippen molar-refractivity contribution in [1.29, 1.82) is 0 Å². The van der Waals surface area contributed by atoms with Gasteiger partial charge in [-0.1, -0.05) is 30.3 Å². The summed E-state index contributed by atoms with van der Waals surface area (Å²) in [5.74, 6) is 2.30. The molecule has 2 aromatic heterocycles. The molecule has 33 heavy (non-hydrogen) atoms. The summed E-state index contributed by atoms with van der Waals surface area (Å²) in [5.41, 5.74) is 5.14. The molecule has 0 unspecified atom stereocenters. The maximum Gasteiger partial charge on any atom is 0.181 e. The lowest BCUT2D eigenvalue weighted by Gasteiger charge is -2.12. The van der Waals surface area contributed by atoms with Gasteiger partial charge in [0.2, 0.25) is 0 Å². The van der Waals surface area contributed by atoms with E-state index in [1.807, 2.05) is 18.2 Å². The Balaban J connectivity index is 1.41. The van der Waals surface area contributed by atoms with Crippen LogP contribution in [0.4, 0.5) is 0 Å². The van der Waals surface area contributed by atoms with Crippen molar-refractivity contribution in [3.63, 3.8) is 0 Å². The van der Waals surface area contributed by atoms with E-state index in [-0.39, 0.29) is 0 Å². The van der Waals surface area contributed by atoms with Gasteiger partial charge in [-0.3, -0.25) is 0 Å². The van der Waals surface area contributed by atoms with Crippen LogP contribution in [0.2, 0.25) is 0 Å². The van der Waals surface area contributed by atoms with Crippen LogP contribution in [0, 0.1) is 0 Å². The minimum atomic E-state index is 0.740. The number of nitrogens with zero attached hydrogens (tertiary/aromatic N) is 2. The van der Waals surface area contributed by atoms with Gasteiger partial charge in [0, 0.05) is 37.1 Å². The van der Waals surface area contributed by atoms with Crippen molar-refractivity contribution in [2.45, 2.75) is 25.7 Å². The van der Waals surface area contributed by atoms with Crippen LogP contribution >= 0.6 is 0 Å². The third-order valence-corrected chi connectivity index (χ3v) is 6.04. The molecule has 0 fully saturated rings. The molecular weight excluding hydrogens is 408 g/mol. The van der Waals surface area contributed by atoms with E-state index in [0.29, 0.717) is 0 Å². The molecule has 4 heteroatoms. The van der Waals surface area contributed by atoms with E-state index < -0.39 is 0 Å². The molecule has 0 aliphatic carbocycles. The van der Waals surface area contributed by atoms with E-state index in [4.69, 9.17) is 9.47 Å². The first-order valence-corrected chi connectivity index (χ1v) is 11.4. The second-order valence-electron chi connectivity index (χ2n) is 8.34. The Bertz CT molecular complexity index is 1200. The molecule has 0 radical (unpaired) electrons. The van der Waals surface area contributed by atoms with E-state index in [2.05, 4.69) is 96.3 Å². The van der Waals surface area contributed by atoms with Gasteiger partial charge in [0.25, 0.3) is 0 Å². The predicted octanol–water partition coefficient (Wildman–Crippen LogP) is 4.71. The second-order valence-corrected chi connectivity index (χ2v) is 8.34. The number of aromatic nitrogens is 2. The Morgan fingerprint density at radius 1 is 0.606 bits per heavy atom. The summed E-state index contributed by atoms with van der Waals surface area (Å²) in [6, 6.07) is 27.2. The van der Waals surface area contributed by atoms with Gasteiger partial charge in [-0.15, -0.1) is 0 Å². The van der Waals surface area contributed by atoms with Crippen molar-refractivity contribution in [3.8, 4) is 17.2 Å². The van der Waals surface area contributed by atoms with Gasteiger partial charge >= 0.3 is 0 Å². The maximum atomic E-state index is 6.22. The molecule has 4 aromatic rings. The summed E-state index contributed by atoms with van der Waals surface area (Å²) in [5, 5.41) is 0. The van der Waals surface area contributed by atoms with Gasteiger partial charge < -0.3 is 9.47 Å². The molecule has 2 heterocycles. The molecule has 0 saturated heterocycles. The quantitative estimate of drug-likeness (QED) is 0.353. The minimum absolute atomic E-state index is 0.740. The van der Waals surface area contributed by atoms with Crippen LogP contribution in [0.15, 0.2) is 91.3 Å². The van der Waals surface area contributed by atoms with Gasteiger partial charge in [-0.2, -0.15) is 0 Å². The Labute approximate surface area is 196 Å². The molecule has 0 spiro atoms. The van der Waals surface area contributed by atoms with Crippen molar-refractivity contribution in [3.05, 3.63) is 114 Å². The molecule has 168 valence electrons. The zero-order valence-corrected chi connectivity index (χ0v) is 19.7. The second kappa shape index (κ2) is 10.8. The molecule has 4 nitrogen and oxygen atoms in total. The SMILES string of the molecule is COc1ccc(CCc2cccc[n+]2C)cc1Oc1ccc(CCc2cccc[n+]2C)cc1. The largest absolute Gasteiger partial charge is 0.493 e. The highest BCUT2D eigenvalue weighted by molar-refractivity contribution is 5.46. The molecule has 0 aliphatic rings. The summed E-state index contributed by atoms with van der Waals surface area (Å²) < 4.78 is 16.1. The monoisotopic (exact) mass is 440 g/mol. The highest BCUT2D eigenvalue weighted by atomic mass is 16.5. The lowest BCUT2D eigenvalue weighted by atomic mass is 10.1. The Morgan fingerprint density at radius 2 is 1.18 bits per heavy atom. The van der Waals surface area contributed by atoms with Crippen LogP contribution in [-0.4, -0.2) is 7.11 Å². The lowest BCUT2D eigenvalue weighted by molar-refractivity contribution is -0.679. The zero-order chi connectivity index (χ0) is 23.0. The third-order valence-electron chi connectivity index (χ3n) is 6.04. The molecule has 0 aliphatic heterocycles. The summed E-state index contributed by atoms with van der Waals surface area (Å²) in [6.45, 7) is 0.